The van der Waals surface area contributed by atoms with Gasteiger partial charge >= 0.3 is 0 Å². The minimum atomic E-state index is -0.295. The van der Waals surface area contributed by atoms with Crippen molar-refractivity contribution in [2.45, 2.75) is 26.2 Å². The number of fused-ring (bicyclic) bond motifs is 1. The molecular formula is C23H21N3O3S. The van der Waals surface area contributed by atoms with E-state index in [0.717, 1.165) is 11.3 Å². The van der Waals surface area contributed by atoms with Crippen LogP contribution < -0.4 is 5.32 Å². The minimum absolute atomic E-state index is 0.178. The van der Waals surface area contributed by atoms with Gasteiger partial charge in [-0.3, -0.25) is 19.3 Å². The first-order valence-electron chi connectivity index (χ1n) is 9.76. The van der Waals surface area contributed by atoms with E-state index in [4.69, 9.17) is 0 Å². The molecule has 1 aromatic heterocycles. The molecule has 1 aliphatic heterocycles. The zero-order chi connectivity index (χ0) is 21.1. The lowest BCUT2D eigenvalue weighted by Gasteiger charge is -2.13. The number of aromatic nitrogens is 1. The zero-order valence-electron chi connectivity index (χ0n) is 16.6. The van der Waals surface area contributed by atoms with Crippen LogP contribution in [-0.2, 0) is 11.2 Å². The second-order valence-electron chi connectivity index (χ2n) is 7.26. The summed E-state index contributed by atoms with van der Waals surface area (Å²) in [5.41, 5.74) is 3.27. The Morgan fingerprint density at radius 2 is 1.80 bits per heavy atom. The Morgan fingerprint density at radius 3 is 2.50 bits per heavy atom. The monoisotopic (exact) mass is 419 g/mol. The SMILES string of the molecule is Cc1cccc(Cc2cnc(NC(=O)CCCN3C(=O)c4ccccc4C3=O)s2)c1. The molecule has 0 atom stereocenters. The van der Waals surface area contributed by atoms with Gasteiger partial charge in [0.25, 0.3) is 11.8 Å². The number of thiazole rings is 1. The van der Waals surface area contributed by atoms with Crippen LogP contribution >= 0.6 is 11.3 Å². The summed E-state index contributed by atoms with van der Waals surface area (Å²) in [7, 11) is 0. The minimum Gasteiger partial charge on any atom is -0.302 e. The molecule has 0 saturated heterocycles. The van der Waals surface area contributed by atoms with E-state index in [1.54, 1.807) is 30.5 Å². The molecule has 0 spiro atoms. The Kier molecular flexibility index (Phi) is 5.72. The van der Waals surface area contributed by atoms with Crippen molar-refractivity contribution in [1.29, 1.82) is 0 Å². The molecule has 4 rings (SSSR count). The maximum atomic E-state index is 12.3. The normalized spacial score (nSPS) is 12.9. The topological polar surface area (TPSA) is 79.4 Å². The molecule has 7 heteroatoms. The van der Waals surface area contributed by atoms with Crippen LogP contribution in [-0.4, -0.2) is 34.2 Å². The number of carbonyl (C=O) groups is 3. The lowest BCUT2D eigenvalue weighted by molar-refractivity contribution is -0.116. The highest BCUT2D eigenvalue weighted by Gasteiger charge is 2.34. The molecule has 1 N–H and O–H groups in total. The predicted octanol–water partition coefficient (Wildman–Crippen LogP) is 4.06. The number of benzene rings is 2. The Morgan fingerprint density at radius 1 is 1.07 bits per heavy atom. The molecule has 152 valence electrons. The third kappa shape index (κ3) is 4.31. The number of carbonyl (C=O) groups excluding carboxylic acids is 3. The van der Waals surface area contributed by atoms with Crippen LogP contribution in [0.15, 0.2) is 54.7 Å². The fourth-order valence-electron chi connectivity index (χ4n) is 3.49. The van der Waals surface area contributed by atoms with Crippen LogP contribution in [0.4, 0.5) is 5.13 Å². The molecule has 0 aliphatic carbocycles. The standard InChI is InChI=1S/C23H21N3O3S/c1-15-6-4-7-16(12-15)13-17-14-24-23(30-17)25-20(27)10-5-11-26-21(28)18-8-2-3-9-19(18)22(26)29/h2-4,6-9,12,14H,5,10-11,13H2,1H3,(H,24,25,27). The number of aryl methyl sites for hydroxylation is 1. The van der Waals surface area contributed by atoms with Crippen LogP contribution in [0.3, 0.4) is 0 Å². The summed E-state index contributed by atoms with van der Waals surface area (Å²) < 4.78 is 0. The fourth-order valence-corrected chi connectivity index (χ4v) is 4.35. The lowest BCUT2D eigenvalue weighted by Crippen LogP contribution is -2.31. The Labute approximate surface area is 178 Å². The summed E-state index contributed by atoms with van der Waals surface area (Å²) in [4.78, 5) is 43.5. The van der Waals surface area contributed by atoms with Crippen LogP contribution in [0.25, 0.3) is 0 Å². The Bertz CT molecular complexity index is 1090. The summed E-state index contributed by atoms with van der Waals surface area (Å²) in [6.07, 6.45) is 3.16. The summed E-state index contributed by atoms with van der Waals surface area (Å²) in [6.45, 7) is 2.28. The van der Waals surface area contributed by atoms with Gasteiger partial charge in [0.2, 0.25) is 5.91 Å². The number of rotatable bonds is 7. The summed E-state index contributed by atoms with van der Waals surface area (Å²) >= 11 is 1.45. The molecule has 1 aliphatic rings. The van der Waals surface area contributed by atoms with Crippen LogP contribution in [0, 0.1) is 6.92 Å². The zero-order valence-corrected chi connectivity index (χ0v) is 17.4. The van der Waals surface area contributed by atoms with E-state index in [0.29, 0.717) is 22.7 Å². The van der Waals surface area contributed by atoms with Crippen LogP contribution in [0.5, 0.6) is 0 Å². The second-order valence-corrected chi connectivity index (χ2v) is 8.37. The number of nitrogens with zero attached hydrogens (tertiary/aromatic N) is 2. The third-order valence-electron chi connectivity index (χ3n) is 4.92. The van der Waals surface area contributed by atoms with Crippen molar-refractivity contribution in [2.24, 2.45) is 0 Å². The molecule has 0 unspecified atom stereocenters. The van der Waals surface area contributed by atoms with Crippen molar-refractivity contribution in [2.75, 3.05) is 11.9 Å². The van der Waals surface area contributed by atoms with E-state index in [2.05, 4.69) is 35.4 Å². The average Bonchev–Trinajstić information content (AvgIpc) is 3.26. The summed E-state index contributed by atoms with van der Waals surface area (Å²) in [5, 5.41) is 3.36. The number of anilines is 1. The first-order chi connectivity index (χ1) is 14.5. The van der Waals surface area contributed by atoms with E-state index in [1.807, 2.05) is 6.07 Å². The third-order valence-corrected chi connectivity index (χ3v) is 5.84. The molecule has 2 heterocycles. The maximum absolute atomic E-state index is 12.3. The molecule has 0 bridgehead atoms. The predicted molar refractivity (Wildman–Crippen MR) is 116 cm³/mol. The molecule has 0 fully saturated rings. The van der Waals surface area contributed by atoms with Crippen LogP contribution in [0.2, 0.25) is 0 Å². The molecule has 6 nitrogen and oxygen atoms in total. The van der Waals surface area contributed by atoms with Crippen molar-refractivity contribution in [3.8, 4) is 0 Å². The summed E-state index contributed by atoms with van der Waals surface area (Å²) in [6, 6.07) is 15.1. The Hall–Kier alpha value is -3.32. The first kappa shape index (κ1) is 20.0. The van der Waals surface area contributed by atoms with Gasteiger partial charge in [-0.2, -0.15) is 0 Å². The van der Waals surface area contributed by atoms with Crippen molar-refractivity contribution < 1.29 is 14.4 Å². The molecule has 2 aromatic carbocycles. The highest BCUT2D eigenvalue weighted by molar-refractivity contribution is 7.15. The van der Waals surface area contributed by atoms with Crippen LogP contribution in [0.1, 0.15) is 49.6 Å². The molecular weight excluding hydrogens is 398 g/mol. The van der Waals surface area contributed by atoms with Gasteiger partial charge in [-0.1, -0.05) is 42.0 Å². The number of hydrogen-bond acceptors (Lipinski definition) is 5. The largest absolute Gasteiger partial charge is 0.302 e. The smallest absolute Gasteiger partial charge is 0.261 e. The van der Waals surface area contributed by atoms with Crippen molar-refractivity contribution in [1.82, 2.24) is 9.88 Å². The van der Waals surface area contributed by atoms with Gasteiger partial charge in [-0.05, 0) is 31.0 Å². The average molecular weight is 420 g/mol. The summed E-state index contributed by atoms with van der Waals surface area (Å²) in [5.74, 6) is -0.767. The molecule has 0 radical (unpaired) electrons. The van der Waals surface area contributed by atoms with E-state index < -0.39 is 0 Å². The molecule has 3 amide bonds. The van der Waals surface area contributed by atoms with Gasteiger partial charge in [0.15, 0.2) is 5.13 Å². The number of amides is 3. The van der Waals surface area contributed by atoms with Gasteiger partial charge in [0.1, 0.15) is 0 Å². The van der Waals surface area contributed by atoms with Gasteiger partial charge in [-0.25, -0.2) is 4.98 Å². The molecule has 30 heavy (non-hydrogen) atoms. The molecule has 3 aromatic rings. The lowest BCUT2D eigenvalue weighted by atomic mass is 10.1. The van der Waals surface area contributed by atoms with E-state index in [9.17, 15) is 14.4 Å². The van der Waals surface area contributed by atoms with Gasteiger partial charge in [-0.15, -0.1) is 11.3 Å². The molecule has 0 saturated carbocycles. The fraction of sp³-hybridized carbons (Fsp3) is 0.217. The highest BCUT2D eigenvalue weighted by Crippen LogP contribution is 2.24. The van der Waals surface area contributed by atoms with Crippen molar-refractivity contribution >= 4 is 34.2 Å². The van der Waals surface area contributed by atoms with Gasteiger partial charge < -0.3 is 5.32 Å². The second kappa shape index (κ2) is 8.59. The Balaban J connectivity index is 1.26. The quantitative estimate of drug-likeness (QED) is 0.586. The number of imide groups is 1. The number of hydrogen-bond donors (Lipinski definition) is 1. The maximum Gasteiger partial charge on any atom is 0.261 e. The highest BCUT2D eigenvalue weighted by atomic mass is 32.1. The van der Waals surface area contributed by atoms with Gasteiger partial charge in [0.05, 0.1) is 11.1 Å². The van der Waals surface area contributed by atoms with E-state index >= 15 is 0 Å². The first-order valence-corrected chi connectivity index (χ1v) is 10.6. The van der Waals surface area contributed by atoms with Crippen molar-refractivity contribution in [3.63, 3.8) is 0 Å². The number of nitrogens with one attached hydrogen (secondary N) is 1. The van der Waals surface area contributed by atoms with Crippen molar-refractivity contribution in [3.05, 3.63) is 81.9 Å². The van der Waals surface area contributed by atoms with Gasteiger partial charge in [0, 0.05) is 30.5 Å². The van der Waals surface area contributed by atoms with E-state index in [-0.39, 0.29) is 30.7 Å². The van der Waals surface area contributed by atoms with E-state index in [1.165, 1.54) is 27.4 Å².